The number of nitrogens with zero attached hydrogens (tertiary/aromatic N) is 1. The number of nitrogens with one attached hydrogen (secondary N) is 2. The molecule has 3 aromatic carbocycles. The highest BCUT2D eigenvalue weighted by Crippen LogP contribution is 2.34. The van der Waals surface area contributed by atoms with Gasteiger partial charge in [0.1, 0.15) is 9.88 Å². The van der Waals surface area contributed by atoms with Crippen molar-refractivity contribution >= 4 is 34.9 Å². The fraction of sp³-hybridized carbons (Fsp3) is 0. The topological polar surface area (TPSA) is 91.3 Å². The van der Waals surface area contributed by atoms with Crippen LogP contribution in [0.15, 0.2) is 91.0 Å². The van der Waals surface area contributed by atoms with E-state index in [4.69, 9.17) is 10.2 Å². The van der Waals surface area contributed by atoms with E-state index in [0.717, 1.165) is 16.1 Å². The van der Waals surface area contributed by atoms with Gasteiger partial charge in [-0.1, -0.05) is 78.9 Å². The molecule has 7 heteroatoms. The molecule has 1 aromatic heterocycles. The molecule has 3 N–H and O–H groups in total. The van der Waals surface area contributed by atoms with Crippen molar-refractivity contribution < 1.29 is 14.8 Å². The van der Waals surface area contributed by atoms with Crippen molar-refractivity contribution in [2.75, 3.05) is 5.32 Å². The molecule has 0 saturated heterocycles. The van der Waals surface area contributed by atoms with Crippen molar-refractivity contribution in [2.24, 2.45) is 0 Å². The average molecular weight is 442 g/mol. The number of amides is 2. The Morgan fingerprint density at radius 3 is 2.16 bits per heavy atom. The van der Waals surface area contributed by atoms with E-state index in [2.05, 4.69) is 5.32 Å². The quantitative estimate of drug-likeness (QED) is 0.217. The Morgan fingerprint density at radius 2 is 1.47 bits per heavy atom. The summed E-state index contributed by atoms with van der Waals surface area (Å²) in [7, 11) is 0. The van der Waals surface area contributed by atoms with E-state index >= 15 is 0 Å². The molecule has 0 fully saturated rings. The number of carbonyl (C=O) groups excluding carboxylic acids is 2. The number of benzene rings is 3. The zero-order valence-corrected chi connectivity index (χ0v) is 17.7. The molecule has 0 spiro atoms. The number of para-hydroxylation sites is 1. The average Bonchev–Trinajstić information content (AvgIpc) is 3.30. The van der Waals surface area contributed by atoms with Crippen molar-refractivity contribution in [1.82, 2.24) is 10.5 Å². The molecule has 0 radical (unpaired) electrons. The van der Waals surface area contributed by atoms with E-state index in [9.17, 15) is 9.59 Å². The van der Waals surface area contributed by atoms with Gasteiger partial charge in [0.2, 0.25) is 0 Å². The van der Waals surface area contributed by atoms with Gasteiger partial charge in [-0.2, -0.15) is 0 Å². The highest BCUT2D eigenvalue weighted by atomic mass is 32.1. The maximum atomic E-state index is 13.3. The summed E-state index contributed by atoms with van der Waals surface area (Å²) in [6, 6.07) is 26.4. The van der Waals surface area contributed by atoms with Gasteiger partial charge in [0.05, 0.1) is 5.69 Å². The van der Waals surface area contributed by atoms with Crippen LogP contribution in [0.2, 0.25) is 0 Å². The number of aromatic nitrogens is 1. The highest BCUT2D eigenvalue weighted by Gasteiger charge is 2.21. The minimum absolute atomic E-state index is 0.295. The van der Waals surface area contributed by atoms with Gasteiger partial charge in [0.25, 0.3) is 11.8 Å². The van der Waals surface area contributed by atoms with Crippen LogP contribution in [0, 0.1) is 0 Å². The van der Waals surface area contributed by atoms with Gasteiger partial charge in [0.15, 0.2) is 0 Å². The second-order valence-electron chi connectivity index (χ2n) is 6.78. The first kappa shape index (κ1) is 21.2. The smallest absolute Gasteiger partial charge is 0.268 e. The maximum Gasteiger partial charge on any atom is 0.268 e. The standard InChI is InChI=1S/C25H19N3O3S/c29-21(28-31)16-15-17-9-7-8-14-20(17)26-24(30)23-22(18-10-3-1-4-11-18)27-25(32-23)19-12-5-2-6-13-19/h1-16,31H,(H,26,30)(H,28,29)/b16-15+. The molecule has 0 atom stereocenters. The van der Waals surface area contributed by atoms with E-state index in [-0.39, 0.29) is 5.91 Å². The largest absolute Gasteiger partial charge is 0.321 e. The van der Waals surface area contributed by atoms with E-state index in [1.807, 2.05) is 60.7 Å². The van der Waals surface area contributed by atoms with Gasteiger partial charge in [-0.25, -0.2) is 10.5 Å². The van der Waals surface area contributed by atoms with E-state index in [1.54, 1.807) is 29.7 Å². The maximum absolute atomic E-state index is 13.3. The number of rotatable bonds is 6. The van der Waals surface area contributed by atoms with Crippen molar-refractivity contribution in [3.63, 3.8) is 0 Å². The summed E-state index contributed by atoms with van der Waals surface area (Å²) in [5.74, 6) is -0.955. The van der Waals surface area contributed by atoms with Crippen molar-refractivity contribution in [3.8, 4) is 21.8 Å². The lowest BCUT2D eigenvalue weighted by atomic mass is 10.1. The number of hydrogen-bond donors (Lipinski definition) is 3. The Kier molecular flexibility index (Phi) is 6.50. The summed E-state index contributed by atoms with van der Waals surface area (Å²) < 4.78 is 0. The fourth-order valence-corrected chi connectivity index (χ4v) is 4.10. The zero-order chi connectivity index (χ0) is 22.3. The third-order valence-electron chi connectivity index (χ3n) is 4.63. The van der Waals surface area contributed by atoms with Gasteiger partial charge in [-0.3, -0.25) is 14.8 Å². The predicted octanol–water partition coefficient (Wildman–Crippen LogP) is 5.25. The molecule has 0 aliphatic heterocycles. The first-order chi connectivity index (χ1) is 15.7. The van der Waals surface area contributed by atoms with Crippen LogP contribution in [-0.2, 0) is 4.79 Å². The van der Waals surface area contributed by atoms with Crippen LogP contribution < -0.4 is 10.8 Å². The van der Waals surface area contributed by atoms with Crippen LogP contribution in [0.25, 0.3) is 27.9 Å². The van der Waals surface area contributed by atoms with Crippen LogP contribution >= 0.6 is 11.3 Å². The lowest BCUT2D eigenvalue weighted by Gasteiger charge is -2.08. The third-order valence-corrected chi connectivity index (χ3v) is 5.74. The van der Waals surface area contributed by atoms with Gasteiger partial charge in [-0.05, 0) is 17.7 Å². The van der Waals surface area contributed by atoms with Gasteiger partial charge >= 0.3 is 0 Å². The molecule has 0 aliphatic rings. The summed E-state index contributed by atoms with van der Waals surface area (Å²) in [5.41, 5.74) is 5.10. The number of thiazole rings is 1. The first-order valence-electron chi connectivity index (χ1n) is 9.80. The minimum Gasteiger partial charge on any atom is -0.321 e. The Hall–Kier alpha value is -4.07. The monoisotopic (exact) mass is 441 g/mol. The van der Waals surface area contributed by atoms with Gasteiger partial charge in [0, 0.05) is 22.9 Å². The molecular weight excluding hydrogens is 422 g/mol. The number of hydrogen-bond acceptors (Lipinski definition) is 5. The molecule has 4 rings (SSSR count). The second-order valence-corrected chi connectivity index (χ2v) is 7.78. The van der Waals surface area contributed by atoms with Crippen LogP contribution in [0.4, 0.5) is 5.69 Å². The number of anilines is 1. The molecule has 0 unspecified atom stereocenters. The molecule has 1 heterocycles. The molecule has 4 aromatic rings. The van der Waals surface area contributed by atoms with Crippen LogP contribution in [0.1, 0.15) is 15.2 Å². The number of carbonyl (C=O) groups is 2. The lowest BCUT2D eigenvalue weighted by molar-refractivity contribution is -0.124. The Labute approximate surface area is 188 Å². The van der Waals surface area contributed by atoms with E-state index < -0.39 is 5.91 Å². The normalized spacial score (nSPS) is 10.8. The fourth-order valence-electron chi connectivity index (χ4n) is 3.11. The molecule has 0 aliphatic carbocycles. The Bertz CT molecular complexity index is 1270. The molecule has 6 nitrogen and oxygen atoms in total. The van der Waals surface area contributed by atoms with E-state index in [0.29, 0.717) is 21.8 Å². The zero-order valence-electron chi connectivity index (χ0n) is 16.9. The number of hydroxylamine groups is 1. The molecule has 2 amide bonds. The summed E-state index contributed by atoms with van der Waals surface area (Å²) in [5, 5.41) is 12.4. The summed E-state index contributed by atoms with van der Waals surface area (Å²) in [6.45, 7) is 0. The summed E-state index contributed by atoms with van der Waals surface area (Å²) >= 11 is 1.32. The predicted molar refractivity (Wildman–Crippen MR) is 126 cm³/mol. The van der Waals surface area contributed by atoms with Gasteiger partial charge < -0.3 is 5.32 Å². The lowest BCUT2D eigenvalue weighted by Crippen LogP contribution is -2.15. The summed E-state index contributed by atoms with van der Waals surface area (Å²) in [6.07, 6.45) is 2.70. The van der Waals surface area contributed by atoms with E-state index in [1.165, 1.54) is 23.5 Å². The highest BCUT2D eigenvalue weighted by molar-refractivity contribution is 7.17. The molecule has 158 valence electrons. The molecule has 32 heavy (non-hydrogen) atoms. The van der Waals surface area contributed by atoms with Crippen LogP contribution in [0.5, 0.6) is 0 Å². The molecular formula is C25H19N3O3S. The van der Waals surface area contributed by atoms with Crippen LogP contribution in [-0.4, -0.2) is 22.0 Å². The Balaban J connectivity index is 1.71. The van der Waals surface area contributed by atoms with Crippen molar-refractivity contribution in [1.29, 1.82) is 0 Å². The van der Waals surface area contributed by atoms with Crippen molar-refractivity contribution in [2.45, 2.75) is 0 Å². The van der Waals surface area contributed by atoms with Crippen LogP contribution in [0.3, 0.4) is 0 Å². The Morgan fingerprint density at radius 1 is 0.844 bits per heavy atom. The minimum atomic E-state index is -0.660. The molecule has 0 saturated carbocycles. The van der Waals surface area contributed by atoms with Crippen molar-refractivity contribution in [3.05, 3.63) is 101 Å². The SMILES string of the molecule is O=C(/C=C/c1ccccc1NC(=O)c1sc(-c2ccccc2)nc1-c1ccccc1)NO. The second kappa shape index (κ2) is 9.82. The molecule has 0 bridgehead atoms. The third kappa shape index (κ3) is 4.80. The van der Waals surface area contributed by atoms with Gasteiger partial charge in [-0.15, -0.1) is 11.3 Å². The first-order valence-corrected chi connectivity index (χ1v) is 10.6. The summed E-state index contributed by atoms with van der Waals surface area (Å²) in [4.78, 5) is 29.9.